The van der Waals surface area contributed by atoms with E-state index in [0.717, 1.165) is 37.7 Å². The Kier molecular flexibility index (Phi) is 4.56. The van der Waals surface area contributed by atoms with Crippen LogP contribution in [0, 0.1) is 0 Å². The number of hydrogen-bond acceptors (Lipinski definition) is 5. The van der Waals surface area contributed by atoms with Gasteiger partial charge in [0.1, 0.15) is 0 Å². The van der Waals surface area contributed by atoms with Gasteiger partial charge in [-0.3, -0.25) is 4.79 Å². The zero-order valence-electron chi connectivity index (χ0n) is 14.0. The first-order valence-corrected chi connectivity index (χ1v) is 8.74. The number of rotatable bonds is 3. The highest BCUT2D eigenvalue weighted by Gasteiger charge is 2.22. The van der Waals surface area contributed by atoms with Crippen LogP contribution >= 0.6 is 0 Å². The molecule has 7 heteroatoms. The third-order valence-corrected chi connectivity index (χ3v) is 4.85. The molecule has 25 heavy (non-hydrogen) atoms. The SMILES string of the molecule is O=C(C=C1CCOCC1)NC1CCCc2cc(-c3nn[nH]n3)ccc21. The van der Waals surface area contributed by atoms with E-state index >= 15 is 0 Å². The normalized spacial score (nSPS) is 20.0. The number of amides is 1. The highest BCUT2D eigenvalue weighted by atomic mass is 16.5. The minimum Gasteiger partial charge on any atom is -0.381 e. The second-order valence-electron chi connectivity index (χ2n) is 6.52. The van der Waals surface area contributed by atoms with Gasteiger partial charge in [-0.2, -0.15) is 5.21 Å². The number of nitrogens with zero attached hydrogens (tertiary/aromatic N) is 3. The molecule has 2 aliphatic rings. The number of benzene rings is 1. The number of aromatic nitrogens is 4. The summed E-state index contributed by atoms with van der Waals surface area (Å²) in [4.78, 5) is 12.4. The van der Waals surface area contributed by atoms with Crippen LogP contribution in [0.15, 0.2) is 29.8 Å². The number of aromatic amines is 1. The van der Waals surface area contributed by atoms with Crippen LogP contribution < -0.4 is 5.32 Å². The van der Waals surface area contributed by atoms with Crippen molar-refractivity contribution in [3.8, 4) is 11.4 Å². The maximum atomic E-state index is 12.4. The Morgan fingerprint density at radius 2 is 2.16 bits per heavy atom. The lowest BCUT2D eigenvalue weighted by Crippen LogP contribution is -2.30. The van der Waals surface area contributed by atoms with Gasteiger partial charge < -0.3 is 10.1 Å². The topological polar surface area (TPSA) is 92.8 Å². The van der Waals surface area contributed by atoms with E-state index in [2.05, 4.69) is 38.1 Å². The lowest BCUT2D eigenvalue weighted by molar-refractivity contribution is -0.117. The number of carbonyl (C=O) groups excluding carboxylic acids is 1. The summed E-state index contributed by atoms with van der Waals surface area (Å²) in [5, 5.41) is 17.3. The van der Waals surface area contributed by atoms with Crippen molar-refractivity contribution >= 4 is 5.91 Å². The van der Waals surface area contributed by atoms with Gasteiger partial charge in [-0.25, -0.2) is 0 Å². The summed E-state index contributed by atoms with van der Waals surface area (Å²) >= 11 is 0. The third kappa shape index (κ3) is 3.61. The molecular weight excluding hydrogens is 318 g/mol. The molecule has 7 nitrogen and oxygen atoms in total. The van der Waals surface area contributed by atoms with Crippen LogP contribution in [-0.4, -0.2) is 39.7 Å². The molecule has 2 aromatic rings. The fraction of sp³-hybridized carbons (Fsp3) is 0.444. The van der Waals surface area contributed by atoms with Crippen LogP contribution in [0.4, 0.5) is 0 Å². The molecule has 1 atom stereocenters. The molecule has 1 saturated heterocycles. The molecule has 1 aliphatic carbocycles. The van der Waals surface area contributed by atoms with Crippen molar-refractivity contribution < 1.29 is 9.53 Å². The first-order chi connectivity index (χ1) is 12.3. The van der Waals surface area contributed by atoms with Crippen LogP contribution in [0.25, 0.3) is 11.4 Å². The van der Waals surface area contributed by atoms with E-state index in [0.29, 0.717) is 19.0 Å². The summed E-state index contributed by atoms with van der Waals surface area (Å²) in [5.41, 5.74) is 4.56. The fourth-order valence-electron chi connectivity index (χ4n) is 3.56. The van der Waals surface area contributed by atoms with Crippen molar-refractivity contribution in [1.29, 1.82) is 0 Å². The van der Waals surface area contributed by atoms with Crippen molar-refractivity contribution in [1.82, 2.24) is 25.9 Å². The highest BCUT2D eigenvalue weighted by molar-refractivity contribution is 5.88. The molecule has 130 valence electrons. The van der Waals surface area contributed by atoms with E-state index in [1.807, 2.05) is 6.07 Å². The maximum Gasteiger partial charge on any atom is 0.244 e. The van der Waals surface area contributed by atoms with Gasteiger partial charge in [-0.1, -0.05) is 17.7 Å². The van der Waals surface area contributed by atoms with E-state index < -0.39 is 0 Å². The zero-order chi connectivity index (χ0) is 17.1. The van der Waals surface area contributed by atoms with Crippen LogP contribution in [0.2, 0.25) is 0 Å². The number of nitrogens with one attached hydrogen (secondary N) is 2. The number of tetrazole rings is 1. The van der Waals surface area contributed by atoms with Crippen molar-refractivity contribution in [2.45, 2.75) is 38.1 Å². The number of hydrogen-bond donors (Lipinski definition) is 2. The monoisotopic (exact) mass is 339 g/mol. The molecular formula is C18H21N5O2. The molecule has 0 radical (unpaired) electrons. The van der Waals surface area contributed by atoms with Gasteiger partial charge in [0.15, 0.2) is 0 Å². The van der Waals surface area contributed by atoms with Gasteiger partial charge in [0.05, 0.1) is 19.3 Å². The van der Waals surface area contributed by atoms with Gasteiger partial charge in [0.2, 0.25) is 11.7 Å². The number of H-pyrrole nitrogens is 1. The summed E-state index contributed by atoms with van der Waals surface area (Å²) in [6, 6.07) is 6.24. The molecule has 1 aliphatic heterocycles. The summed E-state index contributed by atoms with van der Waals surface area (Å²) in [6.45, 7) is 1.43. The Morgan fingerprint density at radius 1 is 1.28 bits per heavy atom. The lowest BCUT2D eigenvalue weighted by Gasteiger charge is -2.26. The largest absolute Gasteiger partial charge is 0.381 e. The fourth-order valence-corrected chi connectivity index (χ4v) is 3.56. The van der Waals surface area contributed by atoms with Gasteiger partial charge in [0, 0.05) is 11.6 Å². The molecule has 0 bridgehead atoms. The van der Waals surface area contributed by atoms with Crippen molar-refractivity contribution in [2.24, 2.45) is 0 Å². The summed E-state index contributed by atoms with van der Waals surface area (Å²) in [5.74, 6) is 0.593. The second-order valence-corrected chi connectivity index (χ2v) is 6.52. The van der Waals surface area contributed by atoms with Gasteiger partial charge in [-0.05, 0) is 54.5 Å². The first-order valence-electron chi connectivity index (χ1n) is 8.74. The van der Waals surface area contributed by atoms with E-state index in [9.17, 15) is 4.79 Å². The van der Waals surface area contributed by atoms with Crippen LogP contribution in [-0.2, 0) is 16.0 Å². The van der Waals surface area contributed by atoms with Crippen molar-refractivity contribution in [3.05, 3.63) is 41.0 Å². The number of ether oxygens (including phenoxy) is 1. The molecule has 1 amide bonds. The molecule has 2 heterocycles. The van der Waals surface area contributed by atoms with Crippen molar-refractivity contribution in [3.63, 3.8) is 0 Å². The Hall–Kier alpha value is -2.54. The standard InChI is InChI=1S/C18H21N5O2/c24-17(10-12-6-8-25-9-7-12)19-16-3-1-2-13-11-14(4-5-15(13)16)18-20-22-23-21-18/h4-5,10-11,16H,1-3,6-9H2,(H,19,24)(H,20,21,22,23). The molecule has 0 spiro atoms. The number of carbonyl (C=O) groups is 1. The average molecular weight is 339 g/mol. The molecule has 1 aromatic heterocycles. The Morgan fingerprint density at radius 3 is 2.96 bits per heavy atom. The van der Waals surface area contributed by atoms with Gasteiger partial charge in [-0.15, -0.1) is 10.2 Å². The predicted molar refractivity (Wildman–Crippen MR) is 91.6 cm³/mol. The smallest absolute Gasteiger partial charge is 0.244 e. The minimum absolute atomic E-state index is 0.00278. The van der Waals surface area contributed by atoms with Crippen LogP contribution in [0.1, 0.15) is 42.9 Å². The Balaban J connectivity index is 1.50. The van der Waals surface area contributed by atoms with E-state index in [1.165, 1.54) is 16.7 Å². The van der Waals surface area contributed by atoms with E-state index in [1.54, 1.807) is 6.08 Å². The molecule has 2 N–H and O–H groups in total. The number of fused-ring (bicyclic) bond motifs is 1. The Bertz CT molecular complexity index is 777. The van der Waals surface area contributed by atoms with Gasteiger partial charge >= 0.3 is 0 Å². The Labute approximate surface area is 145 Å². The quantitative estimate of drug-likeness (QED) is 0.835. The summed E-state index contributed by atoms with van der Waals surface area (Å²) in [7, 11) is 0. The van der Waals surface area contributed by atoms with E-state index in [4.69, 9.17) is 4.74 Å². The van der Waals surface area contributed by atoms with Crippen LogP contribution in [0.3, 0.4) is 0 Å². The van der Waals surface area contributed by atoms with Crippen molar-refractivity contribution in [2.75, 3.05) is 13.2 Å². The third-order valence-electron chi connectivity index (χ3n) is 4.85. The number of aryl methyl sites for hydroxylation is 1. The predicted octanol–water partition coefficient (Wildman–Crippen LogP) is 2.10. The lowest BCUT2D eigenvalue weighted by atomic mass is 9.86. The molecule has 0 saturated carbocycles. The maximum absolute atomic E-state index is 12.4. The average Bonchev–Trinajstić information content (AvgIpc) is 3.17. The highest BCUT2D eigenvalue weighted by Crippen LogP contribution is 2.32. The first kappa shape index (κ1) is 16.0. The summed E-state index contributed by atoms with van der Waals surface area (Å²) in [6.07, 6.45) is 6.48. The summed E-state index contributed by atoms with van der Waals surface area (Å²) < 4.78 is 5.33. The minimum atomic E-state index is -0.00278. The molecule has 1 fully saturated rings. The van der Waals surface area contributed by atoms with Crippen LogP contribution in [0.5, 0.6) is 0 Å². The molecule has 1 aromatic carbocycles. The van der Waals surface area contributed by atoms with E-state index in [-0.39, 0.29) is 11.9 Å². The molecule has 1 unspecified atom stereocenters. The second kappa shape index (κ2) is 7.14. The van der Waals surface area contributed by atoms with Gasteiger partial charge in [0.25, 0.3) is 0 Å². The zero-order valence-corrected chi connectivity index (χ0v) is 14.0. The molecule has 4 rings (SSSR count).